The average Bonchev–Trinajstić information content (AvgIpc) is 2.99. The van der Waals surface area contributed by atoms with Crippen molar-refractivity contribution in [3.63, 3.8) is 0 Å². The summed E-state index contributed by atoms with van der Waals surface area (Å²) >= 11 is 3.20. The van der Waals surface area contributed by atoms with Crippen LogP contribution in [-0.4, -0.2) is 35.2 Å². The zero-order chi connectivity index (χ0) is 16.4. The Morgan fingerprint density at radius 3 is 2.73 bits per heavy atom. The predicted octanol–water partition coefficient (Wildman–Crippen LogP) is 1.30. The molecular weight excluding hydrogens is 352 g/mol. The van der Waals surface area contributed by atoms with Crippen molar-refractivity contribution in [2.24, 2.45) is 17.6 Å². The number of ketones is 1. The SMILES string of the molecule is C=CC(=O)C1CC(n2nc(Br)c(C(N)=O)c2N)C[C@@H]1COC. The molecule has 1 amide bonds. The number of halogens is 1. The van der Waals surface area contributed by atoms with Crippen molar-refractivity contribution in [3.05, 3.63) is 22.8 Å². The van der Waals surface area contributed by atoms with Gasteiger partial charge in [0.25, 0.3) is 5.91 Å². The highest BCUT2D eigenvalue weighted by molar-refractivity contribution is 9.10. The number of primary amides is 1. The molecule has 1 heterocycles. The molecule has 0 spiro atoms. The molecule has 1 aromatic heterocycles. The van der Waals surface area contributed by atoms with Gasteiger partial charge in [0.05, 0.1) is 6.04 Å². The number of aromatic nitrogens is 2. The zero-order valence-electron chi connectivity index (χ0n) is 12.3. The molecule has 8 heteroatoms. The highest BCUT2D eigenvalue weighted by Gasteiger charge is 2.40. The largest absolute Gasteiger partial charge is 0.384 e. The van der Waals surface area contributed by atoms with E-state index < -0.39 is 5.91 Å². The molecule has 22 heavy (non-hydrogen) atoms. The van der Waals surface area contributed by atoms with Crippen LogP contribution < -0.4 is 11.5 Å². The van der Waals surface area contributed by atoms with Gasteiger partial charge in [-0.2, -0.15) is 5.10 Å². The van der Waals surface area contributed by atoms with E-state index in [1.165, 1.54) is 6.08 Å². The standard InChI is InChI=1S/C14H19BrN4O3/c1-3-10(20)9-5-8(4-7(9)6-22-2)19-13(16)11(14(17)21)12(15)18-19/h3,7-9H,1,4-6,16H2,2H3,(H2,17,21)/t7-,8?,9?/m1/s1. The minimum atomic E-state index is -0.638. The van der Waals surface area contributed by atoms with Crippen LogP contribution in [-0.2, 0) is 9.53 Å². The maximum atomic E-state index is 12.0. The maximum Gasteiger partial charge on any atom is 0.255 e. The molecule has 2 rings (SSSR count). The first-order valence-corrected chi connectivity index (χ1v) is 7.68. The normalized spacial score (nSPS) is 24.4. The van der Waals surface area contributed by atoms with Crippen LogP contribution in [0.15, 0.2) is 17.3 Å². The first-order chi connectivity index (χ1) is 10.4. The summed E-state index contributed by atoms with van der Waals surface area (Å²) in [5.74, 6) is -0.542. The van der Waals surface area contributed by atoms with E-state index in [-0.39, 0.29) is 35.0 Å². The molecular formula is C14H19BrN4O3. The molecule has 1 fully saturated rings. The Kier molecular flexibility index (Phi) is 5.02. The van der Waals surface area contributed by atoms with Gasteiger partial charge >= 0.3 is 0 Å². The van der Waals surface area contributed by atoms with Crippen molar-refractivity contribution < 1.29 is 14.3 Å². The lowest BCUT2D eigenvalue weighted by molar-refractivity contribution is -0.119. The second-order valence-electron chi connectivity index (χ2n) is 5.41. The van der Waals surface area contributed by atoms with Gasteiger partial charge in [-0.05, 0) is 40.8 Å². The van der Waals surface area contributed by atoms with Gasteiger partial charge in [0.2, 0.25) is 0 Å². The third-order valence-corrected chi connectivity index (χ3v) is 4.67. The lowest BCUT2D eigenvalue weighted by Crippen LogP contribution is -2.20. The number of allylic oxidation sites excluding steroid dienone is 1. The van der Waals surface area contributed by atoms with E-state index in [0.29, 0.717) is 24.1 Å². The number of nitrogen functional groups attached to an aromatic ring is 1. The minimum Gasteiger partial charge on any atom is -0.384 e. The molecule has 0 bridgehead atoms. The molecule has 1 aliphatic rings. The minimum absolute atomic E-state index is 0.00975. The summed E-state index contributed by atoms with van der Waals surface area (Å²) in [6, 6.07) is -0.0848. The summed E-state index contributed by atoms with van der Waals surface area (Å²) in [6.45, 7) is 4.03. The van der Waals surface area contributed by atoms with Crippen molar-refractivity contribution in [2.45, 2.75) is 18.9 Å². The Morgan fingerprint density at radius 2 is 2.23 bits per heavy atom. The summed E-state index contributed by atoms with van der Waals surface area (Å²) in [5, 5.41) is 4.26. The molecule has 4 N–H and O–H groups in total. The van der Waals surface area contributed by atoms with Gasteiger partial charge in [0, 0.05) is 19.6 Å². The summed E-state index contributed by atoms with van der Waals surface area (Å²) < 4.78 is 7.09. The fourth-order valence-electron chi connectivity index (χ4n) is 3.12. The number of carbonyl (C=O) groups is 2. The second kappa shape index (κ2) is 6.62. The zero-order valence-corrected chi connectivity index (χ0v) is 13.9. The van der Waals surface area contributed by atoms with E-state index in [2.05, 4.69) is 27.6 Å². The van der Waals surface area contributed by atoms with Gasteiger partial charge in [-0.25, -0.2) is 4.68 Å². The number of nitrogens with two attached hydrogens (primary N) is 2. The fourth-order valence-corrected chi connectivity index (χ4v) is 3.69. The van der Waals surface area contributed by atoms with E-state index in [9.17, 15) is 9.59 Å². The number of anilines is 1. The molecule has 0 saturated heterocycles. The maximum absolute atomic E-state index is 12.0. The number of methoxy groups -OCH3 is 1. The highest BCUT2D eigenvalue weighted by atomic mass is 79.9. The molecule has 2 unspecified atom stereocenters. The Balaban J connectivity index is 2.31. The number of carbonyl (C=O) groups excluding carboxylic acids is 2. The first kappa shape index (κ1) is 16.7. The van der Waals surface area contributed by atoms with Crippen molar-refractivity contribution in [1.82, 2.24) is 9.78 Å². The van der Waals surface area contributed by atoms with Gasteiger partial charge in [0.15, 0.2) is 5.78 Å². The summed E-state index contributed by atoms with van der Waals surface area (Å²) in [5.41, 5.74) is 11.5. The molecule has 1 aliphatic carbocycles. The number of ether oxygens (including phenoxy) is 1. The highest BCUT2D eigenvalue weighted by Crippen LogP contribution is 2.42. The number of rotatable bonds is 6. The van der Waals surface area contributed by atoms with Crippen molar-refractivity contribution in [1.29, 1.82) is 0 Å². The van der Waals surface area contributed by atoms with Crippen LogP contribution in [0, 0.1) is 11.8 Å². The van der Waals surface area contributed by atoms with Crippen LogP contribution in [0.5, 0.6) is 0 Å². The summed E-state index contributed by atoms with van der Waals surface area (Å²) in [4.78, 5) is 23.5. The smallest absolute Gasteiger partial charge is 0.255 e. The summed E-state index contributed by atoms with van der Waals surface area (Å²) in [7, 11) is 1.60. The van der Waals surface area contributed by atoms with Crippen LogP contribution >= 0.6 is 15.9 Å². The second-order valence-corrected chi connectivity index (χ2v) is 6.16. The molecule has 0 radical (unpaired) electrons. The Labute approximate surface area is 136 Å². The molecule has 120 valence electrons. The predicted molar refractivity (Wildman–Crippen MR) is 85.2 cm³/mol. The van der Waals surface area contributed by atoms with E-state index >= 15 is 0 Å². The van der Waals surface area contributed by atoms with E-state index in [4.69, 9.17) is 16.2 Å². The topological polar surface area (TPSA) is 113 Å². The molecule has 3 atom stereocenters. The van der Waals surface area contributed by atoms with E-state index in [0.717, 1.165) is 0 Å². The van der Waals surface area contributed by atoms with E-state index in [1.54, 1.807) is 11.8 Å². The van der Waals surface area contributed by atoms with Crippen LogP contribution in [0.1, 0.15) is 29.2 Å². The molecule has 0 aromatic carbocycles. The number of amides is 1. The first-order valence-electron chi connectivity index (χ1n) is 6.89. The monoisotopic (exact) mass is 370 g/mol. The van der Waals surface area contributed by atoms with Crippen molar-refractivity contribution in [2.75, 3.05) is 19.5 Å². The Bertz CT molecular complexity index is 613. The van der Waals surface area contributed by atoms with Gasteiger partial charge in [0.1, 0.15) is 16.0 Å². The quantitative estimate of drug-likeness (QED) is 0.732. The number of hydrogen-bond acceptors (Lipinski definition) is 5. The van der Waals surface area contributed by atoms with Crippen LogP contribution in [0.3, 0.4) is 0 Å². The molecule has 0 aliphatic heterocycles. The lowest BCUT2D eigenvalue weighted by Gasteiger charge is -2.14. The Hall–Kier alpha value is -1.67. The van der Waals surface area contributed by atoms with Crippen LogP contribution in [0.4, 0.5) is 5.82 Å². The van der Waals surface area contributed by atoms with Crippen molar-refractivity contribution in [3.8, 4) is 0 Å². The van der Waals surface area contributed by atoms with E-state index in [1.807, 2.05) is 0 Å². The fraction of sp³-hybridized carbons (Fsp3) is 0.500. The third-order valence-electron chi connectivity index (χ3n) is 4.11. The van der Waals surface area contributed by atoms with Gasteiger partial charge in [-0.15, -0.1) is 0 Å². The average molecular weight is 371 g/mol. The summed E-state index contributed by atoms with van der Waals surface area (Å²) in [6.07, 6.45) is 2.61. The van der Waals surface area contributed by atoms with Crippen LogP contribution in [0.25, 0.3) is 0 Å². The van der Waals surface area contributed by atoms with Gasteiger partial charge < -0.3 is 16.2 Å². The number of nitrogens with zero attached hydrogens (tertiary/aromatic N) is 2. The lowest BCUT2D eigenvalue weighted by atomic mass is 9.93. The number of hydrogen-bond donors (Lipinski definition) is 2. The Morgan fingerprint density at radius 1 is 1.55 bits per heavy atom. The van der Waals surface area contributed by atoms with Gasteiger partial charge in [-0.1, -0.05) is 6.58 Å². The third kappa shape index (κ3) is 2.93. The van der Waals surface area contributed by atoms with Crippen molar-refractivity contribution >= 4 is 33.4 Å². The molecule has 1 saturated carbocycles. The van der Waals surface area contributed by atoms with Crippen LogP contribution in [0.2, 0.25) is 0 Å². The molecule has 1 aromatic rings. The van der Waals surface area contributed by atoms with Gasteiger partial charge in [-0.3, -0.25) is 9.59 Å². The molecule has 7 nitrogen and oxygen atoms in total.